The van der Waals surface area contributed by atoms with Gasteiger partial charge in [-0.2, -0.15) is 0 Å². The van der Waals surface area contributed by atoms with E-state index in [0.29, 0.717) is 6.42 Å². The molecule has 2 N–H and O–H groups in total. The molecule has 0 radical (unpaired) electrons. The number of nitrogens with zero attached hydrogens (tertiary/aromatic N) is 1. The molecule has 0 saturated heterocycles. The van der Waals surface area contributed by atoms with Crippen molar-refractivity contribution in [2.75, 3.05) is 0 Å². The van der Waals surface area contributed by atoms with Crippen LogP contribution in [0.2, 0.25) is 5.02 Å². The van der Waals surface area contributed by atoms with E-state index in [0.717, 1.165) is 33.2 Å². The number of hydrogen-bond donors (Lipinski definition) is 1. The number of furan rings is 1. The third-order valence-corrected chi connectivity index (χ3v) is 4.16. The van der Waals surface area contributed by atoms with Crippen LogP contribution in [0.3, 0.4) is 0 Å². The van der Waals surface area contributed by atoms with Gasteiger partial charge in [0.05, 0.1) is 0 Å². The number of nitrogens with two attached hydrogens (primary N) is 1. The minimum Gasteiger partial charge on any atom is -0.461 e. The van der Waals surface area contributed by atoms with Gasteiger partial charge in [-0.1, -0.05) is 23.7 Å². The summed E-state index contributed by atoms with van der Waals surface area (Å²) >= 11 is 6.17. The van der Waals surface area contributed by atoms with Gasteiger partial charge in [-0.25, -0.2) is 0 Å². The molecular formula is C18H17ClN2O. The molecule has 3 aromatic rings. The lowest BCUT2D eigenvalue weighted by molar-refractivity contribution is 0.499. The topological polar surface area (TPSA) is 52.0 Å². The SMILES string of the molecule is Cc1c(Cl)cccc1-c1ccc(CC(N)c2ccncc2)o1. The molecule has 0 bridgehead atoms. The van der Waals surface area contributed by atoms with E-state index in [-0.39, 0.29) is 6.04 Å². The van der Waals surface area contributed by atoms with Crippen LogP contribution in [0.1, 0.15) is 22.9 Å². The van der Waals surface area contributed by atoms with Crippen LogP contribution in [0.4, 0.5) is 0 Å². The van der Waals surface area contributed by atoms with Gasteiger partial charge in [-0.15, -0.1) is 0 Å². The van der Waals surface area contributed by atoms with Gasteiger partial charge in [-0.3, -0.25) is 4.98 Å². The van der Waals surface area contributed by atoms with Gasteiger partial charge in [-0.05, 0) is 48.4 Å². The molecule has 1 unspecified atom stereocenters. The fourth-order valence-electron chi connectivity index (χ4n) is 2.45. The van der Waals surface area contributed by atoms with E-state index in [1.807, 2.05) is 49.4 Å². The predicted octanol–water partition coefficient (Wildman–Crippen LogP) is 4.55. The fourth-order valence-corrected chi connectivity index (χ4v) is 2.63. The number of pyridine rings is 1. The summed E-state index contributed by atoms with van der Waals surface area (Å²) in [5.74, 6) is 1.68. The smallest absolute Gasteiger partial charge is 0.134 e. The van der Waals surface area contributed by atoms with Crippen LogP contribution in [0.5, 0.6) is 0 Å². The Labute approximate surface area is 134 Å². The first-order valence-corrected chi connectivity index (χ1v) is 7.52. The first-order chi connectivity index (χ1) is 10.6. The number of halogens is 1. The number of rotatable bonds is 4. The molecule has 0 spiro atoms. The van der Waals surface area contributed by atoms with E-state index in [1.165, 1.54) is 0 Å². The monoisotopic (exact) mass is 312 g/mol. The van der Waals surface area contributed by atoms with Gasteiger partial charge in [0, 0.05) is 35.4 Å². The number of aromatic nitrogens is 1. The highest BCUT2D eigenvalue weighted by molar-refractivity contribution is 6.31. The zero-order valence-corrected chi connectivity index (χ0v) is 13.0. The maximum Gasteiger partial charge on any atom is 0.134 e. The second kappa shape index (κ2) is 6.34. The average Bonchev–Trinajstić information content (AvgIpc) is 2.99. The standard InChI is InChI=1S/C18H17ClN2O/c1-12-15(3-2-4-16(12)19)18-6-5-14(22-18)11-17(20)13-7-9-21-10-8-13/h2-10,17H,11,20H2,1H3. The molecular weight excluding hydrogens is 296 g/mol. The van der Waals surface area contributed by atoms with Gasteiger partial charge >= 0.3 is 0 Å². The summed E-state index contributed by atoms with van der Waals surface area (Å²) in [5, 5.41) is 0.740. The molecule has 1 aromatic carbocycles. The van der Waals surface area contributed by atoms with Crippen molar-refractivity contribution in [3.8, 4) is 11.3 Å². The number of benzene rings is 1. The van der Waals surface area contributed by atoms with Crippen molar-refractivity contribution in [3.05, 3.63) is 76.8 Å². The highest BCUT2D eigenvalue weighted by Gasteiger charge is 2.13. The van der Waals surface area contributed by atoms with Crippen LogP contribution in [0.15, 0.2) is 59.3 Å². The van der Waals surface area contributed by atoms with Gasteiger partial charge in [0.1, 0.15) is 11.5 Å². The highest BCUT2D eigenvalue weighted by atomic mass is 35.5. The Balaban J connectivity index is 1.81. The van der Waals surface area contributed by atoms with Crippen molar-refractivity contribution in [1.29, 1.82) is 0 Å². The van der Waals surface area contributed by atoms with E-state index >= 15 is 0 Å². The Hall–Kier alpha value is -2.10. The van der Waals surface area contributed by atoms with Crippen LogP contribution in [-0.4, -0.2) is 4.98 Å². The van der Waals surface area contributed by atoms with Gasteiger partial charge in [0.15, 0.2) is 0 Å². The van der Waals surface area contributed by atoms with Gasteiger partial charge in [0.25, 0.3) is 0 Å². The Kier molecular flexibility index (Phi) is 4.27. The van der Waals surface area contributed by atoms with Crippen LogP contribution in [-0.2, 0) is 6.42 Å². The Morgan fingerprint density at radius 1 is 1.14 bits per heavy atom. The normalized spacial score (nSPS) is 12.3. The lowest BCUT2D eigenvalue weighted by atomic mass is 10.1. The predicted molar refractivity (Wildman–Crippen MR) is 88.8 cm³/mol. The maximum atomic E-state index is 6.22. The zero-order valence-electron chi connectivity index (χ0n) is 12.3. The van der Waals surface area contributed by atoms with Crippen LogP contribution >= 0.6 is 11.6 Å². The minimum atomic E-state index is -0.109. The molecule has 4 heteroatoms. The van der Waals surface area contributed by atoms with E-state index < -0.39 is 0 Å². The average molecular weight is 313 g/mol. The Morgan fingerprint density at radius 2 is 1.91 bits per heavy atom. The van der Waals surface area contributed by atoms with Crippen molar-refractivity contribution >= 4 is 11.6 Å². The molecule has 22 heavy (non-hydrogen) atoms. The van der Waals surface area contributed by atoms with Crippen molar-refractivity contribution in [1.82, 2.24) is 4.98 Å². The summed E-state index contributed by atoms with van der Waals surface area (Å²) in [5.41, 5.74) is 9.30. The van der Waals surface area contributed by atoms with Crippen LogP contribution < -0.4 is 5.73 Å². The molecule has 0 aliphatic rings. The lowest BCUT2D eigenvalue weighted by Crippen LogP contribution is -2.12. The molecule has 0 aliphatic carbocycles. The second-order valence-corrected chi connectivity index (χ2v) is 5.68. The van der Waals surface area contributed by atoms with E-state index in [2.05, 4.69) is 4.98 Å². The summed E-state index contributed by atoms with van der Waals surface area (Å²) in [6, 6.07) is 13.5. The van der Waals surface area contributed by atoms with Gasteiger partial charge in [0.2, 0.25) is 0 Å². The van der Waals surface area contributed by atoms with Crippen molar-refractivity contribution < 1.29 is 4.42 Å². The highest BCUT2D eigenvalue weighted by Crippen LogP contribution is 2.30. The first kappa shape index (κ1) is 14.8. The number of hydrogen-bond acceptors (Lipinski definition) is 3. The minimum absolute atomic E-state index is 0.109. The summed E-state index contributed by atoms with van der Waals surface area (Å²) in [6.45, 7) is 1.99. The summed E-state index contributed by atoms with van der Waals surface area (Å²) in [6.07, 6.45) is 4.14. The molecule has 112 valence electrons. The van der Waals surface area contributed by atoms with Gasteiger partial charge < -0.3 is 10.2 Å². The van der Waals surface area contributed by atoms with E-state index in [4.69, 9.17) is 21.8 Å². The largest absolute Gasteiger partial charge is 0.461 e. The molecule has 3 rings (SSSR count). The second-order valence-electron chi connectivity index (χ2n) is 5.27. The Morgan fingerprint density at radius 3 is 2.68 bits per heavy atom. The molecule has 1 atom stereocenters. The van der Waals surface area contributed by atoms with E-state index in [9.17, 15) is 0 Å². The lowest BCUT2D eigenvalue weighted by Gasteiger charge is -2.09. The summed E-state index contributed by atoms with van der Waals surface area (Å²) < 4.78 is 5.94. The molecule has 0 saturated carbocycles. The molecule has 2 aromatic heterocycles. The van der Waals surface area contributed by atoms with Crippen molar-refractivity contribution in [2.24, 2.45) is 5.73 Å². The maximum absolute atomic E-state index is 6.22. The first-order valence-electron chi connectivity index (χ1n) is 7.15. The fraction of sp³-hybridized carbons (Fsp3) is 0.167. The third-order valence-electron chi connectivity index (χ3n) is 3.75. The molecule has 0 aliphatic heterocycles. The molecule has 2 heterocycles. The zero-order chi connectivity index (χ0) is 15.5. The van der Waals surface area contributed by atoms with Crippen molar-refractivity contribution in [3.63, 3.8) is 0 Å². The molecule has 3 nitrogen and oxygen atoms in total. The summed E-state index contributed by atoms with van der Waals surface area (Å²) in [7, 11) is 0. The van der Waals surface area contributed by atoms with Crippen LogP contribution in [0.25, 0.3) is 11.3 Å². The summed E-state index contributed by atoms with van der Waals surface area (Å²) in [4.78, 5) is 4.01. The van der Waals surface area contributed by atoms with Crippen molar-refractivity contribution in [2.45, 2.75) is 19.4 Å². The third kappa shape index (κ3) is 3.06. The van der Waals surface area contributed by atoms with E-state index in [1.54, 1.807) is 12.4 Å². The quantitative estimate of drug-likeness (QED) is 0.769. The molecule has 0 amide bonds. The Bertz CT molecular complexity index is 768. The molecule has 0 fully saturated rings. The van der Waals surface area contributed by atoms with Crippen LogP contribution in [0, 0.1) is 6.92 Å².